The van der Waals surface area contributed by atoms with Crippen LogP contribution in [0.5, 0.6) is 0 Å². The molecule has 2 aromatic carbocycles. The van der Waals surface area contributed by atoms with Gasteiger partial charge in [-0.3, -0.25) is 14.4 Å². The van der Waals surface area contributed by atoms with Crippen LogP contribution in [-0.4, -0.2) is 30.8 Å². The number of methoxy groups -OCH3 is 1. The fourth-order valence-corrected chi connectivity index (χ4v) is 2.26. The Labute approximate surface area is 149 Å². The first-order valence-corrected chi connectivity index (χ1v) is 7.54. The Hall–Kier alpha value is -3.68. The van der Waals surface area contributed by atoms with Gasteiger partial charge in [-0.1, -0.05) is 18.2 Å². The van der Waals surface area contributed by atoms with Crippen molar-refractivity contribution in [2.75, 3.05) is 23.1 Å². The van der Waals surface area contributed by atoms with Crippen molar-refractivity contribution in [3.63, 3.8) is 0 Å². The second-order valence-corrected chi connectivity index (χ2v) is 5.25. The van der Waals surface area contributed by atoms with Gasteiger partial charge in [0.2, 0.25) is 5.91 Å². The highest BCUT2D eigenvalue weighted by Gasteiger charge is 2.28. The number of hydrogen-bond acceptors (Lipinski definition) is 6. The van der Waals surface area contributed by atoms with Gasteiger partial charge in [-0.15, -0.1) is 0 Å². The van der Waals surface area contributed by atoms with Gasteiger partial charge in [0.15, 0.2) is 0 Å². The van der Waals surface area contributed by atoms with Crippen LogP contribution in [0.15, 0.2) is 48.5 Å². The van der Waals surface area contributed by atoms with Crippen molar-refractivity contribution in [3.05, 3.63) is 54.1 Å². The summed E-state index contributed by atoms with van der Waals surface area (Å²) in [6.45, 7) is 1.15. The number of nitrogens with zero attached hydrogens (tertiary/aromatic N) is 1. The maximum Gasteiger partial charge on any atom is 0.339 e. The molecule has 0 aliphatic rings. The number of anilines is 3. The van der Waals surface area contributed by atoms with E-state index in [0.717, 1.165) is 6.92 Å². The monoisotopic (exact) mass is 355 g/mol. The number of ether oxygens (including phenoxy) is 1. The maximum atomic E-state index is 12.5. The van der Waals surface area contributed by atoms with Gasteiger partial charge in [-0.2, -0.15) is 0 Å². The molecule has 2 rings (SSSR count). The average molecular weight is 355 g/mol. The molecular weight excluding hydrogens is 338 g/mol. The Morgan fingerprint density at radius 2 is 1.73 bits per heavy atom. The summed E-state index contributed by atoms with van der Waals surface area (Å²) in [7, 11) is 1.20. The summed E-state index contributed by atoms with van der Waals surface area (Å²) in [5.41, 5.74) is 6.33. The molecule has 0 aliphatic heterocycles. The highest BCUT2D eigenvalue weighted by atomic mass is 16.5. The molecule has 0 spiro atoms. The number of rotatable bonds is 3. The number of amides is 3. The fourth-order valence-electron chi connectivity index (χ4n) is 2.26. The van der Waals surface area contributed by atoms with Crippen molar-refractivity contribution in [3.8, 4) is 0 Å². The number of hydrogen-bond donors (Lipinski definition) is 2. The first-order valence-electron chi connectivity index (χ1n) is 7.54. The lowest BCUT2D eigenvalue weighted by molar-refractivity contribution is -0.136. The van der Waals surface area contributed by atoms with E-state index in [4.69, 9.17) is 5.73 Å². The molecule has 3 amide bonds. The third kappa shape index (κ3) is 4.04. The minimum Gasteiger partial charge on any atom is -0.465 e. The number of nitrogens with one attached hydrogen (secondary N) is 1. The highest BCUT2D eigenvalue weighted by Crippen LogP contribution is 2.20. The summed E-state index contributed by atoms with van der Waals surface area (Å²) in [6, 6.07) is 12.0. The van der Waals surface area contributed by atoms with E-state index in [1.54, 1.807) is 24.3 Å². The number of carbonyl (C=O) groups excluding carboxylic acids is 4. The second-order valence-electron chi connectivity index (χ2n) is 5.25. The minimum atomic E-state index is -1.11. The van der Waals surface area contributed by atoms with E-state index in [1.807, 2.05) is 0 Å². The number of para-hydroxylation sites is 1. The van der Waals surface area contributed by atoms with Crippen molar-refractivity contribution < 1.29 is 23.9 Å². The van der Waals surface area contributed by atoms with Gasteiger partial charge >= 0.3 is 17.8 Å². The van der Waals surface area contributed by atoms with E-state index >= 15 is 0 Å². The molecule has 0 unspecified atom stereocenters. The zero-order valence-corrected chi connectivity index (χ0v) is 14.2. The summed E-state index contributed by atoms with van der Waals surface area (Å²) in [4.78, 5) is 49.2. The minimum absolute atomic E-state index is 0.0782. The van der Waals surface area contributed by atoms with Gasteiger partial charge in [0.05, 0.1) is 24.0 Å². The van der Waals surface area contributed by atoms with Gasteiger partial charge in [0.1, 0.15) is 0 Å². The van der Waals surface area contributed by atoms with Crippen LogP contribution >= 0.6 is 0 Å². The zero-order chi connectivity index (χ0) is 19.3. The molecule has 0 saturated heterocycles. The van der Waals surface area contributed by atoms with E-state index in [-0.39, 0.29) is 16.9 Å². The molecule has 0 aromatic heterocycles. The first-order chi connectivity index (χ1) is 12.3. The normalized spacial score (nSPS) is 9.92. The van der Waals surface area contributed by atoms with Crippen LogP contribution in [0.2, 0.25) is 0 Å². The smallest absolute Gasteiger partial charge is 0.339 e. The molecule has 0 fully saturated rings. The van der Waals surface area contributed by atoms with Crippen molar-refractivity contribution in [1.82, 2.24) is 0 Å². The van der Waals surface area contributed by atoms with E-state index in [2.05, 4.69) is 10.1 Å². The number of benzene rings is 2. The molecule has 0 aliphatic carbocycles. The Kier molecular flexibility index (Phi) is 5.69. The van der Waals surface area contributed by atoms with E-state index in [1.165, 1.54) is 31.4 Å². The van der Waals surface area contributed by atoms with Crippen LogP contribution in [0.25, 0.3) is 0 Å². The van der Waals surface area contributed by atoms with E-state index < -0.39 is 23.7 Å². The SMILES string of the molecule is COC(=O)c1ccccc1NC(=O)C(=O)N(C(C)=O)c1cccc(N)c1. The number of nitrogen functional groups attached to an aromatic ring is 1. The lowest BCUT2D eigenvalue weighted by Crippen LogP contribution is -2.42. The third-order valence-electron chi connectivity index (χ3n) is 3.42. The summed E-state index contributed by atoms with van der Waals surface area (Å²) >= 11 is 0. The molecule has 8 heteroatoms. The van der Waals surface area contributed by atoms with Crippen molar-refractivity contribution >= 4 is 40.8 Å². The largest absolute Gasteiger partial charge is 0.465 e. The van der Waals surface area contributed by atoms with Crippen molar-refractivity contribution in [2.24, 2.45) is 0 Å². The lowest BCUT2D eigenvalue weighted by Gasteiger charge is -2.19. The zero-order valence-electron chi connectivity index (χ0n) is 14.2. The Morgan fingerprint density at radius 1 is 1.04 bits per heavy atom. The molecule has 0 radical (unpaired) electrons. The van der Waals surface area contributed by atoms with Crippen LogP contribution in [-0.2, 0) is 19.1 Å². The Balaban J connectivity index is 2.30. The maximum absolute atomic E-state index is 12.5. The summed E-state index contributed by atoms with van der Waals surface area (Å²) in [5, 5.41) is 2.33. The molecule has 0 bridgehead atoms. The molecule has 26 heavy (non-hydrogen) atoms. The summed E-state index contributed by atoms with van der Waals surface area (Å²) in [6.07, 6.45) is 0. The molecule has 8 nitrogen and oxygen atoms in total. The number of nitrogens with two attached hydrogens (primary N) is 1. The third-order valence-corrected chi connectivity index (χ3v) is 3.42. The number of esters is 1. The van der Waals surface area contributed by atoms with Gasteiger partial charge < -0.3 is 15.8 Å². The molecule has 0 saturated carbocycles. The van der Waals surface area contributed by atoms with Crippen LogP contribution in [0.4, 0.5) is 17.1 Å². The number of imide groups is 1. The molecule has 3 N–H and O–H groups in total. The lowest BCUT2D eigenvalue weighted by atomic mass is 10.1. The van der Waals surface area contributed by atoms with Crippen LogP contribution in [0.3, 0.4) is 0 Å². The van der Waals surface area contributed by atoms with Crippen LogP contribution < -0.4 is 16.0 Å². The topological polar surface area (TPSA) is 119 Å². The second kappa shape index (κ2) is 7.93. The van der Waals surface area contributed by atoms with Gasteiger partial charge in [0, 0.05) is 12.6 Å². The highest BCUT2D eigenvalue weighted by molar-refractivity contribution is 6.48. The van der Waals surface area contributed by atoms with Gasteiger partial charge in [-0.05, 0) is 30.3 Å². The predicted octanol–water partition coefficient (Wildman–Crippen LogP) is 1.57. The summed E-state index contributed by atoms with van der Waals surface area (Å²) < 4.78 is 4.63. The fraction of sp³-hybridized carbons (Fsp3) is 0.111. The molecular formula is C18H17N3O5. The summed E-state index contributed by atoms with van der Waals surface area (Å²) in [5.74, 6) is -3.52. The van der Waals surface area contributed by atoms with Crippen molar-refractivity contribution in [1.29, 1.82) is 0 Å². The number of carbonyl (C=O) groups is 4. The standard InChI is InChI=1S/C18H17N3O5/c1-11(22)21(13-7-5-6-12(19)10-13)17(24)16(23)20-15-9-4-3-8-14(15)18(25)26-2/h3-10H,19H2,1-2H3,(H,20,23). The van der Waals surface area contributed by atoms with Crippen LogP contribution in [0, 0.1) is 0 Å². The predicted molar refractivity (Wildman–Crippen MR) is 95.4 cm³/mol. The van der Waals surface area contributed by atoms with Gasteiger partial charge in [-0.25, -0.2) is 9.69 Å². The average Bonchev–Trinajstić information content (AvgIpc) is 2.61. The van der Waals surface area contributed by atoms with E-state index in [9.17, 15) is 19.2 Å². The van der Waals surface area contributed by atoms with Gasteiger partial charge in [0.25, 0.3) is 0 Å². The Bertz CT molecular complexity index is 879. The molecule has 0 heterocycles. The first kappa shape index (κ1) is 18.7. The van der Waals surface area contributed by atoms with Crippen LogP contribution in [0.1, 0.15) is 17.3 Å². The molecule has 134 valence electrons. The quantitative estimate of drug-likeness (QED) is 0.490. The van der Waals surface area contributed by atoms with Crippen molar-refractivity contribution in [2.45, 2.75) is 6.92 Å². The molecule has 2 aromatic rings. The van der Waals surface area contributed by atoms with E-state index in [0.29, 0.717) is 10.6 Å². The Morgan fingerprint density at radius 3 is 2.35 bits per heavy atom. The molecule has 0 atom stereocenters.